The van der Waals surface area contributed by atoms with Crippen LogP contribution in [0.15, 0.2) is 36.8 Å². The van der Waals surface area contributed by atoms with Crippen molar-refractivity contribution in [3.8, 4) is 11.3 Å². The molecule has 2 aromatic rings. The molecule has 0 N–H and O–H groups in total. The standard InChI is InChI=1S/C20H25ClN4O3/c1-20(2,3)28-19(27)25-10-8-24(9-11-25)18(26)13-23-12-17(22-14-23)15-4-6-16(21)7-5-15/h4-7,12,14H,8-11,13H2,1-3H3. The van der Waals surface area contributed by atoms with Gasteiger partial charge in [-0.25, -0.2) is 9.78 Å². The molecule has 0 unspecified atom stereocenters. The quantitative estimate of drug-likeness (QED) is 0.787. The summed E-state index contributed by atoms with van der Waals surface area (Å²) in [6.45, 7) is 7.68. The third-order valence-corrected chi connectivity index (χ3v) is 4.63. The predicted octanol–water partition coefficient (Wildman–Crippen LogP) is 3.28. The maximum atomic E-state index is 12.6. The zero-order valence-corrected chi connectivity index (χ0v) is 17.1. The summed E-state index contributed by atoms with van der Waals surface area (Å²) in [5, 5.41) is 0.670. The van der Waals surface area contributed by atoms with Gasteiger partial charge in [0.25, 0.3) is 0 Å². The first-order valence-electron chi connectivity index (χ1n) is 9.25. The number of aromatic nitrogens is 2. The second-order valence-corrected chi connectivity index (χ2v) is 8.22. The van der Waals surface area contributed by atoms with E-state index in [4.69, 9.17) is 16.3 Å². The predicted molar refractivity (Wildman–Crippen MR) is 107 cm³/mol. The van der Waals surface area contributed by atoms with Crippen LogP contribution in [0.4, 0.5) is 4.79 Å². The Morgan fingerprint density at radius 2 is 1.68 bits per heavy atom. The van der Waals surface area contributed by atoms with Gasteiger partial charge in [-0.1, -0.05) is 23.7 Å². The first kappa shape index (κ1) is 20.2. The van der Waals surface area contributed by atoms with Gasteiger partial charge in [-0.3, -0.25) is 4.79 Å². The number of hydrogen-bond acceptors (Lipinski definition) is 4. The summed E-state index contributed by atoms with van der Waals surface area (Å²) >= 11 is 5.91. The maximum Gasteiger partial charge on any atom is 0.410 e. The van der Waals surface area contributed by atoms with E-state index < -0.39 is 5.60 Å². The average Bonchev–Trinajstić information content (AvgIpc) is 3.09. The Bertz CT molecular complexity index is 834. The van der Waals surface area contributed by atoms with Crippen LogP contribution in [0, 0.1) is 0 Å². The number of carbonyl (C=O) groups excluding carboxylic acids is 2. The molecule has 1 aliphatic heterocycles. The van der Waals surface area contributed by atoms with Gasteiger partial charge in [-0.2, -0.15) is 0 Å². The largest absolute Gasteiger partial charge is 0.444 e. The van der Waals surface area contributed by atoms with Crippen LogP contribution >= 0.6 is 11.6 Å². The Kier molecular flexibility index (Phi) is 5.93. The molecule has 2 amide bonds. The van der Waals surface area contributed by atoms with Crippen LogP contribution in [0.5, 0.6) is 0 Å². The van der Waals surface area contributed by atoms with Crippen LogP contribution in [0.2, 0.25) is 5.02 Å². The molecular weight excluding hydrogens is 380 g/mol. The SMILES string of the molecule is CC(C)(C)OC(=O)N1CCN(C(=O)Cn2cnc(-c3ccc(Cl)cc3)c2)CC1. The van der Waals surface area contributed by atoms with E-state index in [-0.39, 0.29) is 18.5 Å². The molecule has 0 bridgehead atoms. The molecule has 0 saturated carbocycles. The molecule has 1 aromatic carbocycles. The summed E-state index contributed by atoms with van der Waals surface area (Å²) in [4.78, 5) is 32.5. The fourth-order valence-electron chi connectivity index (χ4n) is 2.94. The van der Waals surface area contributed by atoms with E-state index in [1.165, 1.54) is 0 Å². The van der Waals surface area contributed by atoms with Gasteiger partial charge in [0.2, 0.25) is 5.91 Å². The van der Waals surface area contributed by atoms with Crippen molar-refractivity contribution in [3.05, 3.63) is 41.8 Å². The van der Waals surface area contributed by atoms with Gasteiger partial charge in [0, 0.05) is 43.0 Å². The summed E-state index contributed by atoms with van der Waals surface area (Å²) in [5.41, 5.74) is 1.22. The third kappa shape index (κ3) is 5.25. The molecule has 0 atom stereocenters. The van der Waals surface area contributed by atoms with Gasteiger partial charge in [0.15, 0.2) is 0 Å². The fourth-order valence-corrected chi connectivity index (χ4v) is 3.06. The second kappa shape index (κ2) is 8.22. The molecular formula is C20H25ClN4O3. The monoisotopic (exact) mass is 404 g/mol. The number of rotatable bonds is 3. The number of carbonyl (C=O) groups is 2. The van der Waals surface area contributed by atoms with Gasteiger partial charge in [-0.05, 0) is 32.9 Å². The normalized spacial score (nSPS) is 14.9. The molecule has 1 fully saturated rings. The molecule has 28 heavy (non-hydrogen) atoms. The minimum Gasteiger partial charge on any atom is -0.444 e. The average molecular weight is 405 g/mol. The molecule has 0 aliphatic carbocycles. The van der Waals surface area contributed by atoms with E-state index in [2.05, 4.69) is 4.98 Å². The van der Waals surface area contributed by atoms with Crippen LogP contribution in [-0.2, 0) is 16.1 Å². The van der Waals surface area contributed by atoms with Crippen molar-refractivity contribution in [3.63, 3.8) is 0 Å². The smallest absolute Gasteiger partial charge is 0.410 e. The van der Waals surface area contributed by atoms with Crippen LogP contribution < -0.4 is 0 Å². The minimum atomic E-state index is -0.521. The third-order valence-electron chi connectivity index (χ3n) is 4.38. The van der Waals surface area contributed by atoms with Gasteiger partial charge in [0.05, 0.1) is 12.0 Å². The number of benzene rings is 1. The van der Waals surface area contributed by atoms with E-state index >= 15 is 0 Å². The van der Waals surface area contributed by atoms with Crippen LogP contribution in [0.25, 0.3) is 11.3 Å². The van der Waals surface area contributed by atoms with Crippen molar-refractivity contribution in [2.45, 2.75) is 32.9 Å². The molecule has 1 aromatic heterocycles. The number of nitrogens with zero attached hydrogens (tertiary/aromatic N) is 4. The topological polar surface area (TPSA) is 67.7 Å². The molecule has 150 valence electrons. The molecule has 0 spiro atoms. The lowest BCUT2D eigenvalue weighted by molar-refractivity contribution is -0.133. The van der Waals surface area contributed by atoms with E-state index in [0.29, 0.717) is 31.2 Å². The summed E-state index contributed by atoms with van der Waals surface area (Å²) < 4.78 is 7.15. The van der Waals surface area contributed by atoms with E-state index in [1.54, 1.807) is 20.7 Å². The van der Waals surface area contributed by atoms with Crippen molar-refractivity contribution in [2.24, 2.45) is 0 Å². The van der Waals surface area contributed by atoms with E-state index in [1.807, 2.05) is 51.2 Å². The van der Waals surface area contributed by atoms with Gasteiger partial charge < -0.3 is 19.1 Å². The van der Waals surface area contributed by atoms with Crippen molar-refractivity contribution in [1.29, 1.82) is 0 Å². The number of halogens is 1. The highest BCUT2D eigenvalue weighted by Crippen LogP contribution is 2.19. The Labute approximate surface area is 169 Å². The number of amides is 2. The number of piperazine rings is 1. The Morgan fingerprint density at radius 3 is 2.29 bits per heavy atom. The first-order chi connectivity index (χ1) is 13.2. The number of imidazole rings is 1. The highest BCUT2D eigenvalue weighted by Gasteiger charge is 2.27. The lowest BCUT2D eigenvalue weighted by atomic mass is 10.2. The molecule has 3 rings (SSSR count). The van der Waals surface area contributed by atoms with Crippen LogP contribution in [0.1, 0.15) is 20.8 Å². The van der Waals surface area contributed by atoms with Crippen molar-refractivity contribution >= 4 is 23.6 Å². The maximum absolute atomic E-state index is 12.6. The summed E-state index contributed by atoms with van der Waals surface area (Å²) in [6.07, 6.45) is 3.17. The van der Waals surface area contributed by atoms with Crippen molar-refractivity contribution in [2.75, 3.05) is 26.2 Å². The van der Waals surface area contributed by atoms with Crippen molar-refractivity contribution in [1.82, 2.24) is 19.4 Å². The number of ether oxygens (including phenoxy) is 1. The van der Waals surface area contributed by atoms with Crippen LogP contribution in [-0.4, -0.2) is 63.1 Å². The fraction of sp³-hybridized carbons (Fsp3) is 0.450. The van der Waals surface area contributed by atoms with Crippen molar-refractivity contribution < 1.29 is 14.3 Å². The number of hydrogen-bond donors (Lipinski definition) is 0. The van der Waals surface area contributed by atoms with Crippen LogP contribution in [0.3, 0.4) is 0 Å². The van der Waals surface area contributed by atoms with E-state index in [0.717, 1.165) is 11.3 Å². The van der Waals surface area contributed by atoms with Gasteiger partial charge in [-0.15, -0.1) is 0 Å². The Morgan fingerprint density at radius 1 is 1.07 bits per heavy atom. The summed E-state index contributed by atoms with van der Waals surface area (Å²) in [5.74, 6) is 0.00361. The highest BCUT2D eigenvalue weighted by molar-refractivity contribution is 6.30. The van der Waals surface area contributed by atoms with Gasteiger partial charge >= 0.3 is 6.09 Å². The molecule has 8 heteroatoms. The molecule has 2 heterocycles. The second-order valence-electron chi connectivity index (χ2n) is 7.79. The molecule has 1 saturated heterocycles. The zero-order valence-electron chi connectivity index (χ0n) is 16.4. The lowest BCUT2D eigenvalue weighted by Crippen LogP contribution is -2.52. The van der Waals surface area contributed by atoms with Gasteiger partial charge in [0.1, 0.15) is 12.1 Å². The lowest BCUT2D eigenvalue weighted by Gasteiger charge is -2.35. The molecule has 7 nitrogen and oxygen atoms in total. The Hall–Kier alpha value is -2.54. The first-order valence-corrected chi connectivity index (χ1v) is 9.62. The molecule has 0 radical (unpaired) electrons. The minimum absolute atomic E-state index is 0.00361. The molecule has 1 aliphatic rings. The Balaban J connectivity index is 1.52. The zero-order chi connectivity index (χ0) is 20.3. The highest BCUT2D eigenvalue weighted by atomic mass is 35.5. The summed E-state index contributed by atoms with van der Waals surface area (Å²) in [6, 6.07) is 7.41. The summed E-state index contributed by atoms with van der Waals surface area (Å²) in [7, 11) is 0. The van der Waals surface area contributed by atoms with E-state index in [9.17, 15) is 9.59 Å².